The van der Waals surface area contributed by atoms with Gasteiger partial charge in [0.25, 0.3) is 0 Å². The van der Waals surface area contributed by atoms with Gasteiger partial charge in [0.05, 0.1) is 16.8 Å². The maximum atomic E-state index is 12.5. The van der Waals surface area contributed by atoms with Crippen LogP contribution in [0.25, 0.3) is 0 Å². The first-order chi connectivity index (χ1) is 8.34. The molecule has 0 radical (unpaired) electrons. The van der Waals surface area contributed by atoms with Gasteiger partial charge in [-0.25, -0.2) is 0 Å². The fourth-order valence-electron chi connectivity index (χ4n) is 1.38. The maximum Gasteiger partial charge on any atom is 0.416 e. The zero-order valence-corrected chi connectivity index (χ0v) is 9.93. The summed E-state index contributed by atoms with van der Waals surface area (Å²) < 4.78 is 37.4. The lowest BCUT2D eigenvalue weighted by molar-refractivity contribution is -0.137. The number of hydrogen-bond donors (Lipinski definition) is 1. The van der Waals surface area contributed by atoms with Crippen LogP contribution in [0.15, 0.2) is 30.4 Å². The molecule has 0 aliphatic heterocycles. The molecular formula is C13H13F3N2. The summed E-state index contributed by atoms with van der Waals surface area (Å²) in [6.07, 6.45) is -3.73. The van der Waals surface area contributed by atoms with Crippen LogP contribution in [0.3, 0.4) is 0 Å². The second-order valence-electron chi connectivity index (χ2n) is 4.00. The first-order valence-electron chi connectivity index (χ1n) is 5.34. The van der Waals surface area contributed by atoms with Crippen LogP contribution in [-0.4, -0.2) is 6.54 Å². The van der Waals surface area contributed by atoms with E-state index in [2.05, 4.69) is 11.9 Å². The monoisotopic (exact) mass is 254 g/mol. The molecule has 1 N–H and O–H groups in total. The van der Waals surface area contributed by atoms with Crippen molar-refractivity contribution in [2.24, 2.45) is 0 Å². The molecule has 0 saturated heterocycles. The molecule has 18 heavy (non-hydrogen) atoms. The summed E-state index contributed by atoms with van der Waals surface area (Å²) in [4.78, 5) is 0. The summed E-state index contributed by atoms with van der Waals surface area (Å²) in [5.41, 5.74) is 0.552. The quantitative estimate of drug-likeness (QED) is 0.825. The fourth-order valence-corrected chi connectivity index (χ4v) is 1.38. The molecule has 0 aliphatic rings. The lowest BCUT2D eigenvalue weighted by Crippen LogP contribution is -2.08. The van der Waals surface area contributed by atoms with Crippen molar-refractivity contribution in [1.82, 2.24) is 0 Å². The fraction of sp³-hybridized carbons (Fsp3) is 0.308. The van der Waals surface area contributed by atoms with Gasteiger partial charge < -0.3 is 5.32 Å². The number of nitriles is 1. The van der Waals surface area contributed by atoms with Crippen molar-refractivity contribution >= 4 is 5.69 Å². The van der Waals surface area contributed by atoms with Crippen molar-refractivity contribution in [3.8, 4) is 6.07 Å². The van der Waals surface area contributed by atoms with Gasteiger partial charge in [-0.05, 0) is 31.5 Å². The lowest BCUT2D eigenvalue weighted by atomic mass is 10.1. The van der Waals surface area contributed by atoms with E-state index in [-0.39, 0.29) is 5.56 Å². The van der Waals surface area contributed by atoms with E-state index in [9.17, 15) is 13.2 Å². The highest BCUT2D eigenvalue weighted by atomic mass is 19.4. The molecule has 0 unspecified atom stereocenters. The Morgan fingerprint density at radius 2 is 2.11 bits per heavy atom. The van der Waals surface area contributed by atoms with E-state index >= 15 is 0 Å². The number of halogens is 3. The largest absolute Gasteiger partial charge is 0.416 e. The lowest BCUT2D eigenvalue weighted by Gasteiger charge is -2.11. The summed E-state index contributed by atoms with van der Waals surface area (Å²) >= 11 is 0. The van der Waals surface area contributed by atoms with E-state index < -0.39 is 11.7 Å². The summed E-state index contributed by atoms with van der Waals surface area (Å²) in [5.74, 6) is 0. The Bertz CT molecular complexity index is 484. The Hall–Kier alpha value is -1.96. The van der Waals surface area contributed by atoms with Crippen LogP contribution in [0.1, 0.15) is 24.5 Å². The topological polar surface area (TPSA) is 35.8 Å². The van der Waals surface area contributed by atoms with Gasteiger partial charge in [0.2, 0.25) is 0 Å². The molecule has 5 heteroatoms. The average molecular weight is 254 g/mol. The van der Waals surface area contributed by atoms with Gasteiger partial charge in [-0.2, -0.15) is 18.4 Å². The van der Waals surface area contributed by atoms with Gasteiger partial charge in [0.15, 0.2) is 0 Å². The first kappa shape index (κ1) is 14.1. The number of nitrogens with one attached hydrogen (secondary N) is 1. The minimum atomic E-state index is -4.43. The summed E-state index contributed by atoms with van der Waals surface area (Å²) in [6.45, 7) is 6.12. The van der Waals surface area contributed by atoms with Crippen molar-refractivity contribution in [2.45, 2.75) is 19.5 Å². The highest BCUT2D eigenvalue weighted by Gasteiger charge is 2.30. The molecule has 0 amide bonds. The number of anilines is 1. The second-order valence-corrected chi connectivity index (χ2v) is 4.00. The van der Waals surface area contributed by atoms with Crippen molar-refractivity contribution in [2.75, 3.05) is 11.9 Å². The summed E-state index contributed by atoms with van der Waals surface area (Å²) in [5, 5.41) is 11.8. The molecule has 0 aromatic heterocycles. The van der Waals surface area contributed by atoms with Crippen LogP contribution in [-0.2, 0) is 6.18 Å². The number of rotatable bonds is 4. The molecule has 1 rings (SSSR count). The number of hydrogen-bond acceptors (Lipinski definition) is 2. The van der Waals surface area contributed by atoms with Crippen molar-refractivity contribution in [3.63, 3.8) is 0 Å². The molecule has 0 aliphatic carbocycles. The zero-order valence-electron chi connectivity index (χ0n) is 9.93. The van der Waals surface area contributed by atoms with Gasteiger partial charge in [-0.3, -0.25) is 0 Å². The molecule has 0 bridgehead atoms. The molecule has 2 nitrogen and oxygen atoms in total. The Labute approximate surface area is 104 Å². The third-order valence-electron chi connectivity index (χ3n) is 2.33. The number of benzene rings is 1. The molecule has 0 heterocycles. The Balaban J connectivity index is 2.88. The molecule has 96 valence electrons. The predicted molar refractivity (Wildman–Crippen MR) is 64.1 cm³/mol. The van der Waals surface area contributed by atoms with Gasteiger partial charge in [-0.15, -0.1) is 6.58 Å². The SMILES string of the molecule is C=C(C)CCNc1ccc(C(F)(F)F)cc1C#N. The normalized spacial score (nSPS) is 10.8. The maximum absolute atomic E-state index is 12.5. The summed E-state index contributed by atoms with van der Waals surface area (Å²) in [7, 11) is 0. The third kappa shape index (κ3) is 3.81. The van der Waals surface area contributed by atoms with Crippen LogP contribution in [0.5, 0.6) is 0 Å². The van der Waals surface area contributed by atoms with Crippen LogP contribution >= 0.6 is 0 Å². The van der Waals surface area contributed by atoms with Crippen molar-refractivity contribution in [3.05, 3.63) is 41.5 Å². The Morgan fingerprint density at radius 3 is 2.61 bits per heavy atom. The molecule has 0 spiro atoms. The number of alkyl halides is 3. The van der Waals surface area contributed by atoms with Gasteiger partial charge in [-0.1, -0.05) is 5.57 Å². The van der Waals surface area contributed by atoms with Crippen molar-refractivity contribution < 1.29 is 13.2 Å². The standard InChI is InChI=1S/C13H13F3N2/c1-9(2)5-6-18-12-4-3-11(13(14,15)16)7-10(12)8-17/h3-4,7,18H,1,5-6H2,2H3. The van der Waals surface area contributed by atoms with Gasteiger partial charge >= 0.3 is 6.18 Å². The van der Waals surface area contributed by atoms with E-state index in [0.29, 0.717) is 18.7 Å². The zero-order chi connectivity index (χ0) is 13.8. The molecule has 0 saturated carbocycles. The van der Waals surface area contributed by atoms with Crippen LogP contribution in [0, 0.1) is 11.3 Å². The second kappa shape index (κ2) is 5.58. The van der Waals surface area contributed by atoms with Crippen LogP contribution < -0.4 is 5.32 Å². The van der Waals surface area contributed by atoms with Gasteiger partial charge in [0, 0.05) is 6.54 Å². The van der Waals surface area contributed by atoms with E-state index in [1.807, 2.05) is 6.92 Å². The molecule has 1 aromatic rings. The van der Waals surface area contributed by atoms with Gasteiger partial charge in [0.1, 0.15) is 6.07 Å². The van der Waals surface area contributed by atoms with E-state index in [1.165, 1.54) is 6.07 Å². The van der Waals surface area contributed by atoms with E-state index in [0.717, 1.165) is 17.7 Å². The third-order valence-corrected chi connectivity index (χ3v) is 2.33. The number of nitrogens with zero attached hydrogens (tertiary/aromatic N) is 1. The van der Waals surface area contributed by atoms with E-state index in [1.54, 1.807) is 6.07 Å². The van der Waals surface area contributed by atoms with E-state index in [4.69, 9.17) is 5.26 Å². The Morgan fingerprint density at radius 1 is 1.44 bits per heavy atom. The Kier molecular flexibility index (Phi) is 4.38. The minimum absolute atomic E-state index is 0.00783. The smallest absolute Gasteiger partial charge is 0.384 e. The first-order valence-corrected chi connectivity index (χ1v) is 5.34. The molecule has 1 aromatic carbocycles. The molecular weight excluding hydrogens is 241 g/mol. The molecule has 0 fully saturated rings. The highest BCUT2D eigenvalue weighted by Crippen LogP contribution is 2.31. The average Bonchev–Trinajstić information content (AvgIpc) is 2.27. The minimum Gasteiger partial charge on any atom is -0.384 e. The summed E-state index contributed by atoms with van der Waals surface area (Å²) in [6, 6.07) is 4.85. The van der Waals surface area contributed by atoms with Crippen LogP contribution in [0.2, 0.25) is 0 Å². The highest BCUT2D eigenvalue weighted by molar-refractivity contribution is 5.59. The van der Waals surface area contributed by atoms with Crippen molar-refractivity contribution in [1.29, 1.82) is 5.26 Å². The molecule has 0 atom stereocenters. The van der Waals surface area contributed by atoms with Crippen LogP contribution in [0.4, 0.5) is 18.9 Å². The predicted octanol–water partition coefficient (Wildman–Crippen LogP) is 3.96.